The topological polar surface area (TPSA) is 39.7 Å². The van der Waals surface area contributed by atoms with Gasteiger partial charge in [-0.15, -0.1) is 11.8 Å². The molecule has 0 saturated heterocycles. The van der Waals surface area contributed by atoms with E-state index in [0.717, 1.165) is 25.0 Å². The van der Waals surface area contributed by atoms with Gasteiger partial charge in [-0.2, -0.15) is 0 Å². The van der Waals surface area contributed by atoms with Crippen LogP contribution >= 0.6 is 11.8 Å². The average molecular weight is 349 g/mol. The molecule has 0 bridgehead atoms. The Hall–Kier alpha value is -1.20. The van der Waals surface area contributed by atoms with E-state index in [1.165, 1.54) is 28.9 Å². The Morgan fingerprint density at radius 2 is 2.08 bits per heavy atom. The van der Waals surface area contributed by atoms with Crippen LogP contribution in [0.3, 0.4) is 0 Å². The first kappa shape index (κ1) is 19.1. The molecular formula is C19H32N4S. The highest BCUT2D eigenvalue weighted by molar-refractivity contribution is 7.98. The summed E-state index contributed by atoms with van der Waals surface area (Å²) >= 11 is 1.79. The van der Waals surface area contributed by atoms with Crippen LogP contribution in [0.15, 0.2) is 28.1 Å². The van der Waals surface area contributed by atoms with Crippen LogP contribution in [0.25, 0.3) is 0 Å². The number of aliphatic imine (C=N–C) groups is 1. The van der Waals surface area contributed by atoms with E-state index < -0.39 is 0 Å². The van der Waals surface area contributed by atoms with Crippen LogP contribution < -0.4 is 10.6 Å². The minimum atomic E-state index is 0.593. The van der Waals surface area contributed by atoms with Crippen molar-refractivity contribution in [3.8, 4) is 0 Å². The predicted molar refractivity (Wildman–Crippen MR) is 106 cm³/mol. The molecule has 1 saturated carbocycles. The lowest BCUT2D eigenvalue weighted by Gasteiger charge is -2.25. The largest absolute Gasteiger partial charge is 0.357 e. The summed E-state index contributed by atoms with van der Waals surface area (Å²) in [6.07, 6.45) is 4.85. The fraction of sp³-hybridized carbons (Fsp3) is 0.632. The fourth-order valence-corrected chi connectivity index (χ4v) is 3.64. The summed E-state index contributed by atoms with van der Waals surface area (Å²) in [7, 11) is 4.34. The summed E-state index contributed by atoms with van der Waals surface area (Å²) in [5.74, 6) is 1.76. The molecule has 1 fully saturated rings. The molecule has 0 spiro atoms. The second-order valence-corrected chi connectivity index (χ2v) is 7.61. The Kier molecular flexibility index (Phi) is 7.43. The monoisotopic (exact) mass is 348 g/mol. The molecule has 2 rings (SSSR count). The van der Waals surface area contributed by atoms with E-state index in [1.807, 2.05) is 0 Å². The van der Waals surface area contributed by atoms with Crippen molar-refractivity contribution >= 4 is 17.7 Å². The van der Waals surface area contributed by atoms with E-state index in [2.05, 4.69) is 67.9 Å². The zero-order valence-corrected chi connectivity index (χ0v) is 16.5. The van der Waals surface area contributed by atoms with Crippen LogP contribution in [0.1, 0.15) is 30.9 Å². The minimum Gasteiger partial charge on any atom is -0.357 e. The van der Waals surface area contributed by atoms with Crippen molar-refractivity contribution in [3.05, 3.63) is 29.3 Å². The van der Waals surface area contributed by atoms with Gasteiger partial charge in [-0.05, 0) is 70.2 Å². The average Bonchev–Trinajstić information content (AvgIpc) is 3.38. The van der Waals surface area contributed by atoms with Crippen molar-refractivity contribution in [2.75, 3.05) is 33.4 Å². The number of nitrogens with zero attached hydrogens (tertiary/aromatic N) is 2. The maximum atomic E-state index is 4.80. The molecule has 4 nitrogen and oxygen atoms in total. The molecule has 134 valence electrons. The van der Waals surface area contributed by atoms with Crippen LogP contribution in [0.5, 0.6) is 0 Å². The molecule has 1 unspecified atom stereocenters. The van der Waals surface area contributed by atoms with Crippen molar-refractivity contribution in [1.29, 1.82) is 0 Å². The first-order valence-corrected chi connectivity index (χ1v) is 10.1. The number of aryl methyl sites for hydroxylation is 1. The van der Waals surface area contributed by atoms with Crippen LogP contribution in [0.2, 0.25) is 0 Å². The third-order valence-corrected chi connectivity index (χ3v) is 5.32. The van der Waals surface area contributed by atoms with E-state index >= 15 is 0 Å². The molecule has 0 radical (unpaired) electrons. The molecule has 0 aliphatic heterocycles. The molecule has 0 amide bonds. The van der Waals surface area contributed by atoms with Gasteiger partial charge in [-0.3, -0.25) is 0 Å². The molecule has 0 heterocycles. The first-order chi connectivity index (χ1) is 11.5. The number of hydrogen-bond acceptors (Lipinski definition) is 3. The van der Waals surface area contributed by atoms with Gasteiger partial charge < -0.3 is 15.5 Å². The summed E-state index contributed by atoms with van der Waals surface area (Å²) in [6.45, 7) is 6.79. The van der Waals surface area contributed by atoms with E-state index in [1.54, 1.807) is 11.8 Å². The molecule has 24 heavy (non-hydrogen) atoms. The highest BCUT2D eigenvalue weighted by atomic mass is 32.2. The zero-order valence-electron chi connectivity index (χ0n) is 15.7. The van der Waals surface area contributed by atoms with Crippen molar-refractivity contribution in [2.45, 2.75) is 44.2 Å². The number of hydrogen-bond donors (Lipinski definition) is 2. The quantitative estimate of drug-likeness (QED) is 0.430. The molecule has 1 aliphatic rings. The van der Waals surface area contributed by atoms with Crippen molar-refractivity contribution in [3.63, 3.8) is 0 Å². The third-order valence-electron chi connectivity index (χ3n) is 4.50. The normalized spacial score (nSPS) is 16.3. The Morgan fingerprint density at radius 3 is 2.67 bits per heavy atom. The molecule has 1 aliphatic carbocycles. The highest BCUT2D eigenvalue weighted by Gasteiger charge is 2.32. The lowest BCUT2D eigenvalue weighted by Crippen LogP contribution is -2.46. The second kappa shape index (κ2) is 9.33. The third kappa shape index (κ3) is 5.71. The first-order valence-electron chi connectivity index (χ1n) is 8.87. The van der Waals surface area contributed by atoms with Gasteiger partial charge in [-0.25, -0.2) is 4.99 Å². The number of rotatable bonds is 8. The fourth-order valence-electron chi connectivity index (χ4n) is 2.94. The van der Waals surface area contributed by atoms with Crippen LogP contribution in [0, 0.1) is 12.8 Å². The predicted octanol–water partition coefficient (Wildman–Crippen LogP) is 3.11. The smallest absolute Gasteiger partial charge is 0.191 e. The SMILES string of the molecule is CCNC(=NCc1ccc(C)cc1SC)NCC(C1CC1)N(C)C. The lowest BCUT2D eigenvalue weighted by atomic mass is 10.1. The van der Waals surface area contributed by atoms with E-state index in [4.69, 9.17) is 4.99 Å². The maximum absolute atomic E-state index is 4.80. The van der Waals surface area contributed by atoms with E-state index in [9.17, 15) is 0 Å². The molecule has 1 atom stereocenters. The summed E-state index contributed by atoms with van der Waals surface area (Å²) in [5, 5.41) is 6.90. The Balaban J connectivity index is 1.99. The highest BCUT2D eigenvalue weighted by Crippen LogP contribution is 2.34. The van der Waals surface area contributed by atoms with Gasteiger partial charge >= 0.3 is 0 Å². The molecule has 0 aromatic heterocycles. The maximum Gasteiger partial charge on any atom is 0.191 e. The van der Waals surface area contributed by atoms with Gasteiger partial charge in [0.2, 0.25) is 0 Å². The van der Waals surface area contributed by atoms with Gasteiger partial charge in [0, 0.05) is 24.0 Å². The van der Waals surface area contributed by atoms with E-state index in [0.29, 0.717) is 12.6 Å². The van der Waals surface area contributed by atoms with Gasteiger partial charge in [0.25, 0.3) is 0 Å². The lowest BCUT2D eigenvalue weighted by molar-refractivity contribution is 0.264. The van der Waals surface area contributed by atoms with Gasteiger partial charge in [-0.1, -0.05) is 12.1 Å². The second-order valence-electron chi connectivity index (χ2n) is 6.76. The molecule has 5 heteroatoms. The van der Waals surface area contributed by atoms with Gasteiger partial charge in [0.05, 0.1) is 6.54 Å². The van der Waals surface area contributed by atoms with Crippen molar-refractivity contribution < 1.29 is 0 Å². The Bertz CT molecular complexity index is 550. The summed E-state index contributed by atoms with van der Waals surface area (Å²) in [5.41, 5.74) is 2.59. The van der Waals surface area contributed by atoms with Crippen LogP contribution in [-0.2, 0) is 6.54 Å². The Labute approximate surface area is 151 Å². The summed E-state index contributed by atoms with van der Waals surface area (Å²) in [6, 6.07) is 7.20. The number of guanidine groups is 1. The van der Waals surface area contributed by atoms with Gasteiger partial charge in [0.1, 0.15) is 0 Å². The number of benzene rings is 1. The summed E-state index contributed by atoms with van der Waals surface area (Å²) < 4.78 is 0. The zero-order chi connectivity index (χ0) is 17.5. The van der Waals surface area contributed by atoms with E-state index in [-0.39, 0.29) is 0 Å². The number of nitrogens with one attached hydrogen (secondary N) is 2. The molecule has 1 aromatic rings. The Morgan fingerprint density at radius 1 is 1.33 bits per heavy atom. The van der Waals surface area contributed by atoms with Gasteiger partial charge in [0.15, 0.2) is 5.96 Å². The number of likely N-dealkylation sites (N-methyl/N-ethyl adjacent to an activating group) is 1. The summed E-state index contributed by atoms with van der Waals surface area (Å²) in [4.78, 5) is 8.45. The van der Waals surface area contributed by atoms with Crippen LogP contribution in [0.4, 0.5) is 0 Å². The molecule has 1 aromatic carbocycles. The molecule has 2 N–H and O–H groups in total. The molecular weight excluding hydrogens is 316 g/mol. The van der Waals surface area contributed by atoms with Crippen LogP contribution in [-0.4, -0.2) is 50.3 Å². The number of thioether (sulfide) groups is 1. The van der Waals surface area contributed by atoms with Crippen molar-refractivity contribution in [1.82, 2.24) is 15.5 Å². The van der Waals surface area contributed by atoms with Crippen molar-refractivity contribution in [2.24, 2.45) is 10.9 Å². The minimum absolute atomic E-state index is 0.593. The standard InChI is InChI=1S/C19H32N4S/c1-6-20-19(22-13-17(23(3)4)15-9-10-15)21-12-16-8-7-14(2)11-18(16)24-5/h7-8,11,15,17H,6,9-10,12-13H2,1-5H3,(H2,20,21,22).